The summed E-state index contributed by atoms with van der Waals surface area (Å²) in [7, 11) is -4.64. The van der Waals surface area contributed by atoms with Gasteiger partial charge in [-0.1, -0.05) is 5.21 Å². The topological polar surface area (TPSA) is 132 Å². The lowest BCUT2D eigenvalue weighted by Gasteiger charge is -1.82. The summed E-state index contributed by atoms with van der Waals surface area (Å²) in [6, 6.07) is 0. The van der Waals surface area contributed by atoms with Crippen LogP contribution in [0, 0.1) is 0 Å². The van der Waals surface area contributed by atoms with Crippen molar-refractivity contribution in [3.8, 4) is 0 Å². The number of hydrogen-bond acceptors (Lipinski definition) is 4. The summed E-state index contributed by atoms with van der Waals surface area (Å²) in [5.41, 5.74) is 0. The van der Waals surface area contributed by atoms with Crippen molar-refractivity contribution in [2.24, 2.45) is 0 Å². The van der Waals surface area contributed by atoms with Gasteiger partial charge in [0, 0.05) is 0 Å². The molecule has 0 radical (unpaired) electrons. The van der Waals surface area contributed by atoms with E-state index >= 15 is 0 Å². The number of aromatic nitrogens is 4. The van der Waals surface area contributed by atoms with Crippen molar-refractivity contribution in [2.75, 3.05) is 0 Å². The van der Waals surface area contributed by atoms with Gasteiger partial charge in [0.1, 0.15) is 0 Å². The Bertz CT molecular complexity index is 166. The van der Waals surface area contributed by atoms with Gasteiger partial charge in [0.2, 0.25) is 0 Å². The quantitative estimate of drug-likeness (QED) is 0.338. The van der Waals surface area contributed by atoms with E-state index in [-0.39, 0.29) is 0 Å². The minimum atomic E-state index is -4.64. The van der Waals surface area contributed by atoms with Gasteiger partial charge in [-0.3, -0.25) is 0 Å². The Morgan fingerprint density at radius 1 is 1.40 bits per heavy atom. The Morgan fingerprint density at radius 2 is 1.90 bits per heavy atom. The molecule has 0 saturated carbocycles. The minimum Gasteiger partial charge on any atom is -0.303 e. The Labute approximate surface area is 55.1 Å². The van der Waals surface area contributed by atoms with Crippen LogP contribution < -0.4 is 0 Å². The molecule has 10 heavy (non-hydrogen) atoms. The molecule has 0 spiro atoms. The lowest BCUT2D eigenvalue weighted by atomic mass is 11.4. The first-order valence-electron chi connectivity index (χ1n) is 1.95. The monoisotopic (exact) mass is 168 g/mol. The van der Waals surface area contributed by atoms with E-state index in [2.05, 4.69) is 20.6 Å². The number of phosphoric acid groups is 1. The van der Waals surface area contributed by atoms with Gasteiger partial charge < -0.3 is 14.7 Å². The Morgan fingerprint density at radius 3 is 2.00 bits per heavy atom. The molecule has 0 bridgehead atoms. The zero-order chi connectivity index (χ0) is 8.04. The molecule has 1 aromatic rings. The van der Waals surface area contributed by atoms with Crippen molar-refractivity contribution in [1.82, 2.24) is 20.6 Å². The van der Waals surface area contributed by atoms with Gasteiger partial charge in [-0.15, -0.1) is 10.2 Å². The van der Waals surface area contributed by atoms with E-state index in [0.29, 0.717) is 0 Å². The maximum Gasteiger partial charge on any atom is 0.466 e. The molecule has 0 aliphatic rings. The van der Waals surface area contributed by atoms with Gasteiger partial charge >= 0.3 is 7.82 Å². The van der Waals surface area contributed by atoms with Crippen LogP contribution in [0.4, 0.5) is 0 Å². The molecule has 58 valence electrons. The molecule has 0 aliphatic carbocycles. The van der Waals surface area contributed by atoms with Crippen molar-refractivity contribution in [2.45, 2.75) is 0 Å². The number of rotatable bonds is 0. The summed E-state index contributed by atoms with van der Waals surface area (Å²) in [5, 5.41) is 12.2. The fraction of sp³-hybridized carbons (Fsp3) is 0. The van der Waals surface area contributed by atoms with E-state index < -0.39 is 7.82 Å². The molecule has 1 rings (SSSR count). The Hall–Kier alpha value is -0.820. The van der Waals surface area contributed by atoms with Crippen molar-refractivity contribution in [1.29, 1.82) is 0 Å². The maximum absolute atomic E-state index is 8.88. The van der Waals surface area contributed by atoms with Crippen LogP contribution in [-0.2, 0) is 4.57 Å². The largest absolute Gasteiger partial charge is 0.466 e. The molecule has 0 amide bonds. The summed E-state index contributed by atoms with van der Waals surface area (Å²) < 4.78 is 8.88. The molecular formula is CH5N4O4P. The first kappa shape index (κ1) is 9.18. The van der Waals surface area contributed by atoms with Gasteiger partial charge in [-0.05, 0) is 0 Å². The first-order valence-corrected chi connectivity index (χ1v) is 3.51. The van der Waals surface area contributed by atoms with Crippen LogP contribution in [0.5, 0.6) is 0 Å². The smallest absolute Gasteiger partial charge is 0.303 e. The molecule has 1 aromatic heterocycles. The molecular weight excluding hydrogens is 163 g/mol. The number of tetrazole rings is 1. The molecule has 4 N–H and O–H groups in total. The van der Waals surface area contributed by atoms with Gasteiger partial charge in [0.25, 0.3) is 0 Å². The molecule has 1 heterocycles. The van der Waals surface area contributed by atoms with Gasteiger partial charge in [-0.25, -0.2) is 4.57 Å². The van der Waals surface area contributed by atoms with Crippen molar-refractivity contribution >= 4 is 7.82 Å². The Kier molecular flexibility index (Phi) is 3.74. The van der Waals surface area contributed by atoms with E-state index in [0.717, 1.165) is 0 Å². The average Bonchev–Trinajstić information content (AvgIpc) is 2.07. The summed E-state index contributed by atoms with van der Waals surface area (Å²) in [6.45, 7) is 0. The molecule has 0 atom stereocenters. The fourth-order valence-electron chi connectivity index (χ4n) is 0.129. The first-order chi connectivity index (χ1) is 4.50. The second kappa shape index (κ2) is 4.07. The van der Waals surface area contributed by atoms with Crippen molar-refractivity contribution < 1.29 is 19.2 Å². The van der Waals surface area contributed by atoms with Crippen molar-refractivity contribution in [3.05, 3.63) is 6.33 Å². The zero-order valence-electron chi connectivity index (χ0n) is 4.62. The average molecular weight is 168 g/mol. The third-order valence-electron chi connectivity index (χ3n) is 0.270. The lowest BCUT2D eigenvalue weighted by molar-refractivity contribution is 0.275. The zero-order valence-corrected chi connectivity index (χ0v) is 5.51. The number of aromatic amines is 1. The van der Waals surface area contributed by atoms with Gasteiger partial charge in [0.05, 0.1) is 0 Å². The second-order valence-corrected chi connectivity index (χ2v) is 2.10. The van der Waals surface area contributed by atoms with Crippen LogP contribution in [0.15, 0.2) is 6.33 Å². The highest BCUT2D eigenvalue weighted by molar-refractivity contribution is 7.45. The summed E-state index contributed by atoms with van der Waals surface area (Å²) in [5.74, 6) is 0. The number of nitrogens with one attached hydrogen (secondary N) is 1. The fourth-order valence-corrected chi connectivity index (χ4v) is 0.129. The molecule has 0 unspecified atom stereocenters. The number of hydrogen-bond donors (Lipinski definition) is 4. The molecule has 0 saturated heterocycles. The van der Waals surface area contributed by atoms with Crippen LogP contribution >= 0.6 is 7.82 Å². The van der Waals surface area contributed by atoms with E-state index in [9.17, 15) is 0 Å². The van der Waals surface area contributed by atoms with Crippen LogP contribution in [-0.4, -0.2) is 35.3 Å². The summed E-state index contributed by atoms with van der Waals surface area (Å²) in [6.07, 6.45) is 1.33. The van der Waals surface area contributed by atoms with E-state index in [1.54, 1.807) is 0 Å². The van der Waals surface area contributed by atoms with Crippen LogP contribution in [0.1, 0.15) is 0 Å². The van der Waals surface area contributed by atoms with Gasteiger partial charge in [0.15, 0.2) is 6.33 Å². The molecule has 0 aromatic carbocycles. The van der Waals surface area contributed by atoms with Crippen LogP contribution in [0.25, 0.3) is 0 Å². The van der Waals surface area contributed by atoms with Crippen LogP contribution in [0.3, 0.4) is 0 Å². The van der Waals surface area contributed by atoms with Gasteiger partial charge in [-0.2, -0.15) is 5.21 Å². The predicted octanol–water partition coefficient (Wildman–Crippen LogP) is -1.73. The third-order valence-corrected chi connectivity index (χ3v) is 0.270. The highest BCUT2D eigenvalue weighted by Crippen LogP contribution is 2.25. The highest BCUT2D eigenvalue weighted by atomic mass is 31.2. The molecule has 8 nitrogen and oxygen atoms in total. The summed E-state index contributed by atoms with van der Waals surface area (Å²) in [4.78, 5) is 21.6. The molecule has 9 heteroatoms. The van der Waals surface area contributed by atoms with E-state index in [4.69, 9.17) is 19.2 Å². The Balaban J connectivity index is 0.000000162. The van der Waals surface area contributed by atoms with E-state index in [1.807, 2.05) is 0 Å². The normalized spacial score (nSPS) is 9.90. The SMILES string of the molecule is O=P(O)(O)O.c1nn[nH]n1. The lowest BCUT2D eigenvalue weighted by Crippen LogP contribution is -1.66. The van der Waals surface area contributed by atoms with Crippen molar-refractivity contribution in [3.63, 3.8) is 0 Å². The summed E-state index contributed by atoms with van der Waals surface area (Å²) >= 11 is 0. The molecule has 0 fully saturated rings. The minimum absolute atomic E-state index is 1.33. The standard InChI is InChI=1S/CH2N4.H3O4P/c1-2-4-5-3-1;1-5(2,3)4/h1H,(H,2,3,4,5);(H3,1,2,3,4). The maximum atomic E-state index is 8.88. The number of nitrogens with zero attached hydrogens (tertiary/aromatic N) is 3. The number of H-pyrrole nitrogens is 1. The second-order valence-electron chi connectivity index (χ2n) is 1.07. The van der Waals surface area contributed by atoms with E-state index in [1.165, 1.54) is 6.33 Å². The predicted molar refractivity (Wildman–Crippen MR) is 28.4 cm³/mol. The highest BCUT2D eigenvalue weighted by Gasteiger charge is 2.00. The van der Waals surface area contributed by atoms with Crippen LogP contribution in [0.2, 0.25) is 0 Å². The third kappa shape index (κ3) is 15.7. The molecule has 0 aliphatic heterocycles.